The van der Waals surface area contributed by atoms with Crippen LogP contribution in [0, 0.1) is 12.3 Å². The Labute approximate surface area is 78.6 Å². The molecule has 13 heavy (non-hydrogen) atoms. The number of nitrogens with one attached hydrogen (secondary N) is 1. The maximum atomic E-state index is 9.62. The molecule has 0 aliphatic heterocycles. The molecule has 0 aliphatic rings. The Morgan fingerprint density at radius 2 is 2.08 bits per heavy atom. The zero-order chi connectivity index (χ0) is 9.52. The quantitative estimate of drug-likeness (QED) is 0.527. The third-order valence-electron chi connectivity index (χ3n) is 1.75. The lowest BCUT2D eigenvalue weighted by molar-refractivity contribution is 0.176. The van der Waals surface area contributed by atoms with Gasteiger partial charge in [0.1, 0.15) is 0 Å². The Morgan fingerprint density at radius 1 is 1.38 bits per heavy atom. The van der Waals surface area contributed by atoms with E-state index in [4.69, 9.17) is 6.42 Å². The third kappa shape index (κ3) is 3.29. The first-order chi connectivity index (χ1) is 6.34. The maximum absolute atomic E-state index is 9.62. The fourth-order valence-electron chi connectivity index (χ4n) is 1.07. The summed E-state index contributed by atoms with van der Waals surface area (Å²) in [6.07, 6.45) is 4.58. The van der Waals surface area contributed by atoms with Gasteiger partial charge in [-0.25, -0.2) is 0 Å². The zero-order valence-corrected chi connectivity index (χ0v) is 7.40. The van der Waals surface area contributed by atoms with Crippen LogP contribution in [0.3, 0.4) is 0 Å². The van der Waals surface area contributed by atoms with Gasteiger partial charge in [0.25, 0.3) is 0 Å². The smallest absolute Gasteiger partial charge is 0.0914 e. The van der Waals surface area contributed by atoms with E-state index >= 15 is 0 Å². The van der Waals surface area contributed by atoms with Gasteiger partial charge < -0.3 is 10.4 Å². The van der Waals surface area contributed by atoms with Gasteiger partial charge in [-0.3, -0.25) is 0 Å². The molecule has 2 N–H and O–H groups in total. The van der Waals surface area contributed by atoms with E-state index < -0.39 is 6.10 Å². The van der Waals surface area contributed by atoms with Crippen molar-refractivity contribution in [3.8, 4) is 12.3 Å². The molecule has 0 heterocycles. The van der Waals surface area contributed by atoms with Crippen LogP contribution < -0.4 is 5.32 Å². The lowest BCUT2D eigenvalue weighted by Crippen LogP contribution is -2.21. The van der Waals surface area contributed by atoms with Crippen molar-refractivity contribution in [2.75, 3.05) is 13.1 Å². The molecule has 0 saturated carbocycles. The highest BCUT2D eigenvalue weighted by molar-refractivity contribution is 5.17. The molecular formula is C11H13NO. The van der Waals surface area contributed by atoms with E-state index in [0.717, 1.165) is 5.56 Å². The van der Waals surface area contributed by atoms with Gasteiger partial charge in [-0.05, 0) is 5.56 Å². The molecule has 0 radical (unpaired) electrons. The van der Waals surface area contributed by atoms with E-state index in [1.807, 2.05) is 30.3 Å². The topological polar surface area (TPSA) is 32.3 Å². The Kier molecular flexibility index (Phi) is 4.04. The fourth-order valence-corrected chi connectivity index (χ4v) is 1.07. The van der Waals surface area contributed by atoms with E-state index in [-0.39, 0.29) is 0 Å². The van der Waals surface area contributed by atoms with E-state index in [9.17, 15) is 5.11 Å². The zero-order valence-electron chi connectivity index (χ0n) is 7.40. The summed E-state index contributed by atoms with van der Waals surface area (Å²) in [4.78, 5) is 0. The fraction of sp³-hybridized carbons (Fsp3) is 0.273. The van der Waals surface area contributed by atoms with Crippen LogP contribution in [0.1, 0.15) is 11.7 Å². The van der Waals surface area contributed by atoms with Crippen LogP contribution in [0.15, 0.2) is 30.3 Å². The van der Waals surface area contributed by atoms with Crippen molar-refractivity contribution in [1.82, 2.24) is 5.32 Å². The van der Waals surface area contributed by atoms with Crippen molar-refractivity contribution in [3.63, 3.8) is 0 Å². The highest BCUT2D eigenvalue weighted by Crippen LogP contribution is 2.09. The van der Waals surface area contributed by atoms with Gasteiger partial charge in [-0.2, -0.15) is 0 Å². The van der Waals surface area contributed by atoms with Crippen molar-refractivity contribution < 1.29 is 5.11 Å². The predicted molar refractivity (Wildman–Crippen MR) is 53.1 cm³/mol. The number of terminal acetylenes is 1. The summed E-state index contributed by atoms with van der Waals surface area (Å²) >= 11 is 0. The third-order valence-corrected chi connectivity index (χ3v) is 1.75. The second kappa shape index (κ2) is 5.36. The molecule has 0 bridgehead atoms. The Morgan fingerprint density at radius 3 is 2.69 bits per heavy atom. The van der Waals surface area contributed by atoms with Crippen LogP contribution in [0.2, 0.25) is 0 Å². The lowest BCUT2D eigenvalue weighted by Gasteiger charge is -2.10. The van der Waals surface area contributed by atoms with E-state index in [2.05, 4.69) is 11.2 Å². The molecule has 68 valence electrons. The molecular weight excluding hydrogens is 162 g/mol. The van der Waals surface area contributed by atoms with Gasteiger partial charge in [-0.15, -0.1) is 6.42 Å². The van der Waals surface area contributed by atoms with Crippen molar-refractivity contribution >= 4 is 0 Å². The number of benzene rings is 1. The highest BCUT2D eigenvalue weighted by Gasteiger charge is 2.04. The van der Waals surface area contributed by atoms with Crippen molar-refractivity contribution in [2.45, 2.75) is 6.10 Å². The molecule has 0 aromatic heterocycles. The number of aliphatic hydroxyl groups excluding tert-OH is 1. The monoisotopic (exact) mass is 175 g/mol. The molecule has 2 nitrogen and oxygen atoms in total. The number of hydrogen-bond acceptors (Lipinski definition) is 2. The summed E-state index contributed by atoms with van der Waals surface area (Å²) in [5, 5.41) is 12.6. The molecule has 1 atom stereocenters. The lowest BCUT2D eigenvalue weighted by atomic mass is 10.1. The summed E-state index contributed by atoms with van der Waals surface area (Å²) in [6, 6.07) is 9.51. The summed E-state index contributed by atoms with van der Waals surface area (Å²) in [6.45, 7) is 0.984. The van der Waals surface area contributed by atoms with E-state index in [0.29, 0.717) is 13.1 Å². The van der Waals surface area contributed by atoms with Gasteiger partial charge in [0, 0.05) is 6.54 Å². The minimum Gasteiger partial charge on any atom is -0.387 e. The van der Waals surface area contributed by atoms with Crippen LogP contribution in [0.4, 0.5) is 0 Å². The number of hydrogen-bond donors (Lipinski definition) is 2. The predicted octanol–water partition coefficient (Wildman–Crippen LogP) is 0.943. The Hall–Kier alpha value is -1.30. The molecule has 1 aromatic carbocycles. The summed E-state index contributed by atoms with van der Waals surface area (Å²) in [5.41, 5.74) is 0.909. The molecule has 1 aromatic rings. The Balaban J connectivity index is 2.41. The first kappa shape index (κ1) is 9.79. The molecule has 0 aliphatic carbocycles. The first-order valence-electron chi connectivity index (χ1n) is 4.22. The van der Waals surface area contributed by atoms with E-state index in [1.165, 1.54) is 0 Å². The second-order valence-corrected chi connectivity index (χ2v) is 2.76. The van der Waals surface area contributed by atoms with Crippen LogP contribution in [0.25, 0.3) is 0 Å². The second-order valence-electron chi connectivity index (χ2n) is 2.76. The average molecular weight is 175 g/mol. The van der Waals surface area contributed by atoms with Crippen LogP contribution in [-0.2, 0) is 0 Å². The molecule has 0 fully saturated rings. The summed E-state index contributed by atoms with van der Waals surface area (Å²) < 4.78 is 0. The molecule has 0 unspecified atom stereocenters. The molecule has 0 amide bonds. The van der Waals surface area contributed by atoms with Gasteiger partial charge >= 0.3 is 0 Å². The van der Waals surface area contributed by atoms with Gasteiger partial charge in [0.05, 0.1) is 12.6 Å². The van der Waals surface area contributed by atoms with Crippen molar-refractivity contribution in [2.24, 2.45) is 0 Å². The minimum absolute atomic E-state index is 0.477. The van der Waals surface area contributed by atoms with Gasteiger partial charge in [-0.1, -0.05) is 36.3 Å². The van der Waals surface area contributed by atoms with Crippen LogP contribution >= 0.6 is 0 Å². The SMILES string of the molecule is C#CCNC[C@H](O)c1ccccc1. The number of rotatable bonds is 4. The highest BCUT2D eigenvalue weighted by atomic mass is 16.3. The van der Waals surface area contributed by atoms with Gasteiger partial charge in [0.2, 0.25) is 0 Å². The normalized spacial score (nSPS) is 12.0. The van der Waals surface area contributed by atoms with Gasteiger partial charge in [0.15, 0.2) is 0 Å². The minimum atomic E-state index is -0.477. The van der Waals surface area contributed by atoms with Crippen LogP contribution in [-0.4, -0.2) is 18.2 Å². The standard InChI is InChI=1S/C11H13NO/c1-2-8-12-9-11(13)10-6-4-3-5-7-10/h1,3-7,11-13H,8-9H2/t11-/m0/s1. The average Bonchev–Trinajstić information content (AvgIpc) is 2.19. The molecule has 1 rings (SSSR count). The Bertz CT molecular complexity index is 276. The van der Waals surface area contributed by atoms with Crippen molar-refractivity contribution in [1.29, 1.82) is 0 Å². The summed E-state index contributed by atoms with van der Waals surface area (Å²) in [7, 11) is 0. The molecule has 0 spiro atoms. The maximum Gasteiger partial charge on any atom is 0.0914 e. The number of aliphatic hydroxyl groups is 1. The van der Waals surface area contributed by atoms with E-state index in [1.54, 1.807) is 0 Å². The van der Waals surface area contributed by atoms with Crippen molar-refractivity contribution in [3.05, 3.63) is 35.9 Å². The summed E-state index contributed by atoms with van der Waals surface area (Å²) in [5.74, 6) is 2.45. The van der Waals surface area contributed by atoms with Crippen LogP contribution in [0.5, 0.6) is 0 Å². The molecule has 2 heteroatoms. The first-order valence-corrected chi connectivity index (χ1v) is 4.22. The largest absolute Gasteiger partial charge is 0.387 e. The molecule has 0 saturated heterocycles.